The second-order valence-electron chi connectivity index (χ2n) is 7.37. The molecule has 1 spiro atoms. The number of rotatable bonds is 6. The lowest BCUT2D eigenvalue weighted by atomic mass is 9.82. The molecule has 1 fully saturated rings. The summed E-state index contributed by atoms with van der Waals surface area (Å²) < 4.78 is 5.70. The molecule has 1 aromatic rings. The topological polar surface area (TPSA) is 70.7 Å². The number of esters is 1. The van der Waals surface area contributed by atoms with E-state index in [9.17, 15) is 9.59 Å². The van der Waals surface area contributed by atoms with Crippen LogP contribution in [0.4, 0.5) is 5.69 Å². The first-order chi connectivity index (χ1) is 12.9. The molecular formula is C21H29N3O3. The average Bonchev–Trinajstić information content (AvgIpc) is 2.89. The summed E-state index contributed by atoms with van der Waals surface area (Å²) >= 11 is 0. The monoisotopic (exact) mass is 371 g/mol. The Morgan fingerprint density at radius 2 is 1.96 bits per heavy atom. The molecule has 2 heterocycles. The highest BCUT2D eigenvalue weighted by Gasteiger charge is 2.50. The fourth-order valence-corrected chi connectivity index (χ4v) is 3.93. The van der Waals surface area contributed by atoms with E-state index in [1.54, 1.807) is 6.92 Å². The Kier molecular flexibility index (Phi) is 5.85. The first kappa shape index (κ1) is 19.4. The van der Waals surface area contributed by atoms with Crippen LogP contribution >= 0.6 is 0 Å². The number of likely N-dealkylation sites (tertiary alicyclic amines) is 1. The molecule has 1 aromatic carbocycles. The molecule has 2 aliphatic rings. The van der Waals surface area contributed by atoms with Gasteiger partial charge < -0.3 is 20.3 Å². The number of nitrogens with one attached hydrogen (secondary N) is 2. The molecule has 0 unspecified atom stereocenters. The van der Waals surface area contributed by atoms with Crippen LogP contribution in [0.3, 0.4) is 0 Å². The van der Waals surface area contributed by atoms with Gasteiger partial charge in [0.05, 0.1) is 5.57 Å². The normalized spacial score (nSPS) is 19.3. The molecule has 0 aromatic heterocycles. The van der Waals surface area contributed by atoms with Crippen molar-refractivity contribution in [3.8, 4) is 0 Å². The van der Waals surface area contributed by atoms with Crippen molar-refractivity contribution in [2.75, 3.05) is 38.0 Å². The summed E-state index contributed by atoms with van der Waals surface area (Å²) in [5, 5.41) is 6.25. The molecule has 3 rings (SSSR count). The molecule has 27 heavy (non-hydrogen) atoms. The van der Waals surface area contributed by atoms with Crippen molar-refractivity contribution < 1.29 is 14.3 Å². The van der Waals surface area contributed by atoms with Gasteiger partial charge in [-0.25, -0.2) is 4.79 Å². The van der Waals surface area contributed by atoms with E-state index in [0.717, 1.165) is 25.3 Å². The molecule has 1 amide bonds. The van der Waals surface area contributed by atoms with Gasteiger partial charge in [-0.2, -0.15) is 0 Å². The summed E-state index contributed by atoms with van der Waals surface area (Å²) in [6, 6.07) is 8.11. The number of nitrogens with zero attached hydrogens (tertiary/aromatic N) is 1. The van der Waals surface area contributed by atoms with Crippen LogP contribution in [0.25, 0.3) is 0 Å². The van der Waals surface area contributed by atoms with Gasteiger partial charge in [-0.1, -0.05) is 19.1 Å². The van der Waals surface area contributed by atoms with Crippen molar-refractivity contribution in [1.29, 1.82) is 0 Å². The lowest BCUT2D eigenvalue weighted by Gasteiger charge is -2.39. The van der Waals surface area contributed by atoms with Crippen LogP contribution < -0.4 is 10.6 Å². The minimum absolute atomic E-state index is 0.186. The maximum Gasteiger partial charge on any atom is 0.335 e. The van der Waals surface area contributed by atoms with Crippen LogP contribution in [0.2, 0.25) is 0 Å². The van der Waals surface area contributed by atoms with Gasteiger partial charge in [0.25, 0.3) is 5.91 Å². The van der Waals surface area contributed by atoms with Gasteiger partial charge >= 0.3 is 5.97 Å². The van der Waals surface area contributed by atoms with Gasteiger partial charge in [0.2, 0.25) is 0 Å². The number of anilines is 1. The summed E-state index contributed by atoms with van der Waals surface area (Å²) in [7, 11) is 0. The van der Waals surface area contributed by atoms with E-state index >= 15 is 0 Å². The second-order valence-corrected chi connectivity index (χ2v) is 7.37. The molecule has 0 saturated carbocycles. The molecule has 0 atom stereocenters. The van der Waals surface area contributed by atoms with Crippen molar-refractivity contribution in [1.82, 2.24) is 10.2 Å². The van der Waals surface area contributed by atoms with Crippen molar-refractivity contribution in [2.45, 2.75) is 39.2 Å². The third-order valence-corrected chi connectivity index (χ3v) is 5.52. The van der Waals surface area contributed by atoms with Gasteiger partial charge in [-0.05, 0) is 38.1 Å². The molecule has 2 N–H and O–H groups in total. The largest absolute Gasteiger partial charge is 0.450 e. The van der Waals surface area contributed by atoms with Crippen LogP contribution in [0.15, 0.2) is 35.4 Å². The minimum atomic E-state index is -0.749. The minimum Gasteiger partial charge on any atom is -0.450 e. The number of benzene rings is 1. The lowest BCUT2D eigenvalue weighted by Crippen LogP contribution is -2.49. The first-order valence-corrected chi connectivity index (χ1v) is 9.71. The average molecular weight is 371 g/mol. The maximum atomic E-state index is 12.8. The second kappa shape index (κ2) is 8.13. The SMILES string of the molecule is CCN1CCC2(CC1)OC(=O)C(C)=C2C(=O)NCCNc1cccc(C)c1. The molecule has 6 nitrogen and oxygen atoms in total. The summed E-state index contributed by atoms with van der Waals surface area (Å²) in [5.74, 6) is -0.544. The summed E-state index contributed by atoms with van der Waals surface area (Å²) in [6.45, 7) is 9.60. The van der Waals surface area contributed by atoms with Gasteiger partial charge in [0, 0.05) is 50.3 Å². The summed E-state index contributed by atoms with van der Waals surface area (Å²) in [4.78, 5) is 27.3. The van der Waals surface area contributed by atoms with E-state index in [1.807, 2.05) is 25.1 Å². The summed E-state index contributed by atoms with van der Waals surface area (Å²) in [5.41, 5.74) is 2.44. The quantitative estimate of drug-likeness (QED) is 0.593. The van der Waals surface area contributed by atoms with Gasteiger partial charge in [-0.3, -0.25) is 4.79 Å². The zero-order chi connectivity index (χ0) is 19.4. The van der Waals surface area contributed by atoms with Gasteiger partial charge in [-0.15, -0.1) is 0 Å². The third kappa shape index (κ3) is 4.16. The van der Waals surface area contributed by atoms with Crippen molar-refractivity contribution in [3.05, 3.63) is 41.0 Å². The zero-order valence-corrected chi connectivity index (χ0v) is 16.4. The molecule has 0 aliphatic carbocycles. The standard InChI is InChI=1S/C21H29N3O3/c1-4-24-12-8-21(9-13-24)18(16(3)20(26)27-21)19(25)23-11-10-22-17-7-5-6-15(2)14-17/h5-7,14,22H,4,8-13H2,1-3H3,(H,23,25). The number of carbonyl (C=O) groups is 2. The first-order valence-electron chi connectivity index (χ1n) is 9.71. The predicted octanol–water partition coefficient (Wildman–Crippen LogP) is 2.25. The lowest BCUT2D eigenvalue weighted by molar-refractivity contribution is -0.150. The number of piperidine rings is 1. The van der Waals surface area contributed by atoms with Gasteiger partial charge in [0.1, 0.15) is 5.60 Å². The van der Waals surface area contributed by atoms with Crippen molar-refractivity contribution in [3.63, 3.8) is 0 Å². The van der Waals surface area contributed by atoms with Crippen LogP contribution in [-0.2, 0) is 14.3 Å². The molecule has 0 radical (unpaired) electrons. The molecule has 6 heteroatoms. The van der Waals surface area contributed by atoms with Crippen molar-refractivity contribution >= 4 is 17.6 Å². The van der Waals surface area contributed by atoms with E-state index < -0.39 is 5.60 Å². The van der Waals surface area contributed by atoms with Crippen LogP contribution in [0, 0.1) is 6.92 Å². The van der Waals surface area contributed by atoms with Crippen LogP contribution in [0.5, 0.6) is 0 Å². The Morgan fingerprint density at radius 3 is 2.63 bits per heavy atom. The van der Waals surface area contributed by atoms with Crippen molar-refractivity contribution in [2.24, 2.45) is 0 Å². The molecule has 1 saturated heterocycles. The smallest absolute Gasteiger partial charge is 0.335 e. The Hall–Kier alpha value is -2.34. The van der Waals surface area contributed by atoms with Crippen LogP contribution in [-0.4, -0.2) is 55.1 Å². The number of ether oxygens (including phenoxy) is 1. The summed E-state index contributed by atoms with van der Waals surface area (Å²) in [6.07, 6.45) is 1.35. The van der Waals surface area contributed by atoms with E-state index in [0.29, 0.717) is 37.1 Å². The highest BCUT2D eigenvalue weighted by Crippen LogP contribution is 2.40. The Morgan fingerprint density at radius 1 is 1.22 bits per heavy atom. The molecule has 0 bridgehead atoms. The Bertz CT molecular complexity index is 749. The third-order valence-electron chi connectivity index (χ3n) is 5.52. The van der Waals surface area contributed by atoms with E-state index in [1.165, 1.54) is 5.56 Å². The van der Waals surface area contributed by atoms with Crippen LogP contribution in [0.1, 0.15) is 32.3 Å². The molecular weight excluding hydrogens is 342 g/mol. The molecule has 2 aliphatic heterocycles. The van der Waals surface area contributed by atoms with E-state index in [4.69, 9.17) is 4.74 Å². The fraction of sp³-hybridized carbons (Fsp3) is 0.524. The highest BCUT2D eigenvalue weighted by atomic mass is 16.6. The Balaban J connectivity index is 1.59. The maximum absolute atomic E-state index is 12.8. The van der Waals surface area contributed by atoms with E-state index in [2.05, 4.69) is 28.5 Å². The highest BCUT2D eigenvalue weighted by molar-refractivity contribution is 6.07. The fourth-order valence-electron chi connectivity index (χ4n) is 3.93. The zero-order valence-electron chi connectivity index (χ0n) is 16.4. The van der Waals surface area contributed by atoms with E-state index in [-0.39, 0.29) is 11.9 Å². The number of hydrogen-bond donors (Lipinski definition) is 2. The Labute approximate surface area is 161 Å². The number of carbonyl (C=O) groups excluding carboxylic acids is 2. The number of amides is 1. The molecule has 146 valence electrons. The predicted molar refractivity (Wildman–Crippen MR) is 106 cm³/mol. The number of hydrogen-bond acceptors (Lipinski definition) is 5. The number of aryl methyl sites for hydroxylation is 1. The van der Waals surface area contributed by atoms with Gasteiger partial charge in [0.15, 0.2) is 0 Å².